The van der Waals surface area contributed by atoms with Gasteiger partial charge >= 0.3 is 0 Å². The predicted octanol–water partition coefficient (Wildman–Crippen LogP) is -5.97. The third-order valence-corrected chi connectivity index (χ3v) is 0. The van der Waals surface area contributed by atoms with Crippen molar-refractivity contribution in [1.82, 2.24) is 0 Å². The first kappa shape index (κ1) is 48.4. The van der Waals surface area contributed by atoms with Gasteiger partial charge in [0, 0.05) is 21.1 Å². The van der Waals surface area contributed by atoms with Crippen molar-refractivity contribution in [1.29, 1.82) is 0 Å². The van der Waals surface area contributed by atoms with Crippen LogP contribution < -0.4 is 0 Å². The fourth-order valence-electron chi connectivity index (χ4n) is 0. The summed E-state index contributed by atoms with van der Waals surface area (Å²) in [6.45, 7) is 0. The van der Waals surface area contributed by atoms with Gasteiger partial charge < -0.3 is 27.3 Å². The second kappa shape index (κ2) is 19.4. The maximum absolute atomic E-state index is 8.63. The molecular formula is H6MoO24S6-6. The van der Waals surface area contributed by atoms with Crippen LogP contribution in [0.2, 0.25) is 0 Å². The summed E-state index contributed by atoms with van der Waals surface area (Å²) < 4.78 is 197. The number of hydrogen-bond donors (Lipinski definition) is 6. The molecule has 0 saturated carbocycles. The third kappa shape index (κ3) is 2770000. The molecule has 31 heavy (non-hydrogen) atoms. The topological polar surface area (TPSA) is 465 Å². The van der Waals surface area contributed by atoms with E-state index in [1.165, 1.54) is 0 Å². The van der Waals surface area contributed by atoms with Gasteiger partial charge in [0.05, 0.1) is 0 Å². The van der Waals surface area contributed by atoms with Crippen molar-refractivity contribution >= 4 is 62.4 Å². The molecule has 0 bridgehead atoms. The van der Waals surface area contributed by atoms with E-state index < -0.39 is 62.4 Å². The molecule has 0 aromatic rings. The zero-order valence-corrected chi connectivity index (χ0v) is 19.8. The van der Waals surface area contributed by atoms with E-state index >= 15 is 0 Å². The van der Waals surface area contributed by atoms with Crippen molar-refractivity contribution in [2.75, 3.05) is 0 Å². The van der Waals surface area contributed by atoms with Gasteiger partial charge in [-0.25, -0.2) is 50.5 Å². The smallest absolute Gasteiger partial charge is 0.215 e. The standard InChI is InChI=1S/Mo.6H2O4S/c;6*1-5(2,3)4/h;6*(H2,1,2,3,4)/p-6. The monoisotopic (exact) mass is 680 g/mol. The predicted molar refractivity (Wildman–Crippen MR) is 74.0 cm³/mol. The first-order chi connectivity index (χ1) is 12.0. The van der Waals surface area contributed by atoms with Crippen LogP contribution in [-0.2, 0) is 83.5 Å². The van der Waals surface area contributed by atoms with E-state index in [1.807, 2.05) is 0 Å². The molecule has 0 amide bonds. The Morgan fingerprint density at radius 3 is 0.290 bits per heavy atom. The first-order valence-corrected chi connectivity index (χ1v) is 12.3. The van der Waals surface area contributed by atoms with E-state index in [9.17, 15) is 0 Å². The summed E-state index contributed by atoms with van der Waals surface area (Å²) in [6, 6.07) is 0. The van der Waals surface area contributed by atoms with Gasteiger partial charge in [0.25, 0.3) is 0 Å². The van der Waals surface area contributed by atoms with Gasteiger partial charge in [0.15, 0.2) is 0 Å². The van der Waals surface area contributed by atoms with E-state index in [0.29, 0.717) is 0 Å². The number of rotatable bonds is 0. The van der Waals surface area contributed by atoms with Crippen molar-refractivity contribution in [3.05, 3.63) is 0 Å². The molecule has 198 valence electrons. The normalized spacial score (nSPS) is 11.2. The maximum atomic E-state index is 8.63. The third-order valence-electron chi connectivity index (χ3n) is 0. The Morgan fingerprint density at radius 1 is 0.290 bits per heavy atom. The van der Waals surface area contributed by atoms with Gasteiger partial charge in [-0.1, -0.05) is 0 Å². The van der Waals surface area contributed by atoms with E-state index in [4.69, 9.17) is 105 Å². The zero-order chi connectivity index (χ0) is 27.0. The average Bonchev–Trinajstić information content (AvgIpc) is 1.94. The van der Waals surface area contributed by atoms with Crippen LogP contribution in [0.25, 0.3) is 0 Å². The summed E-state index contributed by atoms with van der Waals surface area (Å²) in [5.74, 6) is 0. The van der Waals surface area contributed by atoms with Gasteiger partial charge in [-0.05, 0) is 0 Å². The van der Waals surface area contributed by atoms with Crippen LogP contribution in [0.3, 0.4) is 0 Å². The summed E-state index contributed by atoms with van der Waals surface area (Å²) in [4.78, 5) is 0. The minimum Gasteiger partial charge on any atom is -0.726 e. The molecule has 0 saturated heterocycles. The molecule has 24 nitrogen and oxygen atoms in total. The molecule has 0 aliphatic rings. The van der Waals surface area contributed by atoms with Crippen molar-refractivity contribution in [3.63, 3.8) is 0 Å². The SMILES string of the molecule is O=S(=O)([O-])O.O=S(=O)([O-])O.O=S(=O)([O-])O.O=S(=O)([O-])O.O=S(=O)([O-])O.O=S(=O)([O-])O.[Mo]. The molecular weight excluding hydrogens is 672 g/mol. The number of hydrogen-bond acceptors (Lipinski definition) is 18. The Hall–Kier alpha value is -0.0917. The fraction of sp³-hybridized carbons (Fsp3) is 0. The maximum Gasteiger partial charge on any atom is 0.215 e. The molecule has 31 heteroatoms. The van der Waals surface area contributed by atoms with Crippen molar-refractivity contribution < 1.29 is 126 Å². The Morgan fingerprint density at radius 2 is 0.290 bits per heavy atom. The van der Waals surface area contributed by atoms with Gasteiger partial charge in [0.2, 0.25) is 62.4 Å². The Bertz CT molecular complexity index is 760. The fourth-order valence-corrected chi connectivity index (χ4v) is 0. The molecule has 0 fully saturated rings. The molecule has 0 aromatic carbocycles. The summed E-state index contributed by atoms with van der Waals surface area (Å²) in [7, 11) is -29.5. The van der Waals surface area contributed by atoms with Crippen LogP contribution in [0.4, 0.5) is 0 Å². The molecule has 0 radical (unpaired) electrons. The summed E-state index contributed by atoms with van der Waals surface area (Å²) in [5, 5.41) is 0. The second-order valence-corrected chi connectivity index (χ2v) is 7.70. The van der Waals surface area contributed by atoms with Crippen molar-refractivity contribution in [2.24, 2.45) is 0 Å². The Balaban J connectivity index is -0.0000000443. The minimum absolute atomic E-state index is 0. The summed E-state index contributed by atoms with van der Waals surface area (Å²) in [6.07, 6.45) is 0. The van der Waals surface area contributed by atoms with Crippen LogP contribution in [0.5, 0.6) is 0 Å². The molecule has 0 unspecified atom stereocenters. The largest absolute Gasteiger partial charge is 0.726 e. The van der Waals surface area contributed by atoms with E-state index in [1.54, 1.807) is 0 Å². The quantitative estimate of drug-likeness (QED) is 0.0788. The van der Waals surface area contributed by atoms with Crippen LogP contribution in [-0.4, -0.2) is 105 Å². The van der Waals surface area contributed by atoms with Gasteiger partial charge in [-0.15, -0.1) is 0 Å². The molecule has 0 aliphatic carbocycles. The Kier molecular flexibility index (Phi) is 30.2. The molecule has 0 spiro atoms. The molecule has 0 aromatic heterocycles. The van der Waals surface area contributed by atoms with Crippen molar-refractivity contribution in [3.8, 4) is 0 Å². The van der Waals surface area contributed by atoms with Crippen LogP contribution in [0.1, 0.15) is 0 Å². The average molecular weight is 678 g/mol. The van der Waals surface area contributed by atoms with E-state index in [-0.39, 0.29) is 21.1 Å². The summed E-state index contributed by atoms with van der Waals surface area (Å²) in [5.41, 5.74) is 0. The molecule has 0 heterocycles. The van der Waals surface area contributed by atoms with Crippen molar-refractivity contribution in [2.45, 2.75) is 0 Å². The van der Waals surface area contributed by atoms with Gasteiger partial charge in [-0.3, -0.25) is 27.3 Å². The van der Waals surface area contributed by atoms with Crippen LogP contribution >= 0.6 is 0 Å². The van der Waals surface area contributed by atoms with E-state index in [0.717, 1.165) is 0 Å². The Labute approximate surface area is 188 Å². The van der Waals surface area contributed by atoms with Gasteiger partial charge in [0.1, 0.15) is 0 Å². The van der Waals surface area contributed by atoms with Gasteiger partial charge in [-0.2, -0.15) is 0 Å². The second-order valence-electron chi connectivity index (χ2n) is 2.57. The molecule has 0 aliphatic heterocycles. The molecule has 0 rings (SSSR count). The summed E-state index contributed by atoms with van der Waals surface area (Å²) >= 11 is 0. The van der Waals surface area contributed by atoms with E-state index in [2.05, 4.69) is 0 Å². The van der Waals surface area contributed by atoms with Crippen LogP contribution in [0, 0.1) is 0 Å². The zero-order valence-electron chi connectivity index (χ0n) is 12.9. The first-order valence-electron chi connectivity index (χ1n) is 4.10. The molecule has 6 N–H and O–H groups in total. The van der Waals surface area contributed by atoms with Crippen LogP contribution in [0.15, 0.2) is 0 Å². The minimum atomic E-state index is -4.92. The molecule has 0 atom stereocenters.